The highest BCUT2D eigenvalue weighted by Gasteiger charge is 2.09. The van der Waals surface area contributed by atoms with Gasteiger partial charge in [-0.2, -0.15) is 5.10 Å². The molecule has 0 aliphatic heterocycles. The molecule has 0 unspecified atom stereocenters. The molecule has 0 fully saturated rings. The van der Waals surface area contributed by atoms with E-state index in [0.717, 1.165) is 22.5 Å². The third-order valence-electron chi connectivity index (χ3n) is 1.92. The van der Waals surface area contributed by atoms with Crippen molar-refractivity contribution in [3.63, 3.8) is 0 Å². The standard InChI is InChI=1S/C8H11N5/c1-5-6-7(12-11-5)8(13(2)3)10-4-9-6/h4H,1-3H3,(H,11,12). The normalized spacial score (nSPS) is 10.7. The number of hydrogen-bond donors (Lipinski definition) is 1. The number of rotatable bonds is 1. The third kappa shape index (κ3) is 1.12. The molecule has 2 aromatic heterocycles. The van der Waals surface area contributed by atoms with E-state index in [0.29, 0.717) is 0 Å². The lowest BCUT2D eigenvalue weighted by Gasteiger charge is -2.09. The van der Waals surface area contributed by atoms with Crippen LogP contribution < -0.4 is 4.90 Å². The highest BCUT2D eigenvalue weighted by Crippen LogP contribution is 2.19. The molecule has 68 valence electrons. The number of H-pyrrole nitrogens is 1. The lowest BCUT2D eigenvalue weighted by Crippen LogP contribution is -2.11. The predicted octanol–water partition coefficient (Wildman–Crippen LogP) is 0.727. The largest absolute Gasteiger partial charge is 0.361 e. The highest BCUT2D eigenvalue weighted by atomic mass is 15.2. The number of aromatic amines is 1. The first-order chi connectivity index (χ1) is 6.20. The lowest BCUT2D eigenvalue weighted by atomic mass is 10.3. The molecule has 0 saturated heterocycles. The van der Waals surface area contributed by atoms with Crippen molar-refractivity contribution in [2.24, 2.45) is 0 Å². The Hall–Kier alpha value is -1.65. The van der Waals surface area contributed by atoms with Crippen molar-refractivity contribution in [3.8, 4) is 0 Å². The maximum absolute atomic E-state index is 4.15. The van der Waals surface area contributed by atoms with Crippen molar-refractivity contribution in [3.05, 3.63) is 12.0 Å². The monoisotopic (exact) mass is 177 g/mol. The molecule has 5 nitrogen and oxygen atoms in total. The van der Waals surface area contributed by atoms with Gasteiger partial charge in [0.25, 0.3) is 0 Å². The van der Waals surface area contributed by atoms with Gasteiger partial charge in [-0.15, -0.1) is 0 Å². The third-order valence-corrected chi connectivity index (χ3v) is 1.92. The summed E-state index contributed by atoms with van der Waals surface area (Å²) in [4.78, 5) is 10.2. The Morgan fingerprint density at radius 2 is 2.00 bits per heavy atom. The Kier molecular flexibility index (Phi) is 1.65. The summed E-state index contributed by atoms with van der Waals surface area (Å²) in [6.45, 7) is 1.95. The van der Waals surface area contributed by atoms with E-state index in [4.69, 9.17) is 0 Å². The molecule has 1 N–H and O–H groups in total. The number of anilines is 1. The molecule has 0 aromatic carbocycles. The molecule has 13 heavy (non-hydrogen) atoms. The first-order valence-corrected chi connectivity index (χ1v) is 4.03. The molecular formula is C8H11N5. The van der Waals surface area contributed by atoms with E-state index in [1.165, 1.54) is 0 Å². The van der Waals surface area contributed by atoms with E-state index in [2.05, 4.69) is 20.2 Å². The molecule has 0 amide bonds. The topological polar surface area (TPSA) is 57.7 Å². The van der Waals surface area contributed by atoms with Crippen molar-refractivity contribution in [2.75, 3.05) is 19.0 Å². The van der Waals surface area contributed by atoms with Crippen LogP contribution in [0.25, 0.3) is 11.0 Å². The average molecular weight is 177 g/mol. The van der Waals surface area contributed by atoms with E-state index in [1.807, 2.05) is 25.9 Å². The zero-order valence-electron chi connectivity index (χ0n) is 7.87. The highest BCUT2D eigenvalue weighted by molar-refractivity contribution is 5.86. The molecule has 0 radical (unpaired) electrons. The van der Waals surface area contributed by atoms with E-state index >= 15 is 0 Å². The number of nitrogens with zero attached hydrogens (tertiary/aromatic N) is 4. The molecule has 2 aromatic rings. The second-order valence-electron chi connectivity index (χ2n) is 3.14. The van der Waals surface area contributed by atoms with Gasteiger partial charge >= 0.3 is 0 Å². The van der Waals surface area contributed by atoms with Crippen LogP contribution in [0.3, 0.4) is 0 Å². The zero-order chi connectivity index (χ0) is 9.42. The summed E-state index contributed by atoms with van der Waals surface area (Å²) in [7, 11) is 3.87. The van der Waals surface area contributed by atoms with E-state index in [1.54, 1.807) is 6.33 Å². The fourth-order valence-corrected chi connectivity index (χ4v) is 1.27. The quantitative estimate of drug-likeness (QED) is 0.697. The molecule has 0 spiro atoms. The van der Waals surface area contributed by atoms with Crippen LogP contribution in [0.5, 0.6) is 0 Å². The van der Waals surface area contributed by atoms with Crippen LogP contribution in [0.4, 0.5) is 5.82 Å². The number of hydrogen-bond acceptors (Lipinski definition) is 4. The summed E-state index contributed by atoms with van der Waals surface area (Å²) in [6.07, 6.45) is 1.56. The summed E-state index contributed by atoms with van der Waals surface area (Å²) >= 11 is 0. The van der Waals surface area contributed by atoms with Crippen molar-refractivity contribution < 1.29 is 0 Å². The molecule has 2 heterocycles. The number of aromatic nitrogens is 4. The Bertz CT molecular complexity index is 431. The van der Waals surface area contributed by atoms with Crippen molar-refractivity contribution in [1.82, 2.24) is 20.2 Å². The van der Waals surface area contributed by atoms with Crippen LogP contribution in [-0.4, -0.2) is 34.3 Å². The predicted molar refractivity (Wildman–Crippen MR) is 50.7 cm³/mol. The fourth-order valence-electron chi connectivity index (χ4n) is 1.27. The summed E-state index contributed by atoms with van der Waals surface area (Å²) in [5, 5.41) is 7.04. The van der Waals surface area contributed by atoms with Gasteiger partial charge in [-0.05, 0) is 6.92 Å². The molecule has 0 aliphatic carbocycles. The van der Waals surface area contributed by atoms with Gasteiger partial charge < -0.3 is 4.90 Å². The van der Waals surface area contributed by atoms with Crippen LogP contribution in [0.1, 0.15) is 5.69 Å². The number of fused-ring (bicyclic) bond motifs is 1. The van der Waals surface area contributed by atoms with Crippen molar-refractivity contribution in [2.45, 2.75) is 6.92 Å². The minimum Gasteiger partial charge on any atom is -0.361 e. The minimum absolute atomic E-state index is 0.824. The lowest BCUT2D eigenvalue weighted by molar-refractivity contribution is 1.04. The first kappa shape index (κ1) is 7.97. The average Bonchev–Trinajstić information content (AvgIpc) is 2.48. The van der Waals surface area contributed by atoms with Gasteiger partial charge in [0.2, 0.25) is 0 Å². The zero-order valence-corrected chi connectivity index (χ0v) is 7.87. The Balaban J connectivity index is 2.77. The molecule has 5 heteroatoms. The van der Waals surface area contributed by atoms with Crippen LogP contribution in [0.15, 0.2) is 6.33 Å². The van der Waals surface area contributed by atoms with E-state index in [-0.39, 0.29) is 0 Å². The van der Waals surface area contributed by atoms with Crippen molar-refractivity contribution in [1.29, 1.82) is 0 Å². The Morgan fingerprint density at radius 3 is 2.69 bits per heavy atom. The minimum atomic E-state index is 0.824. The van der Waals surface area contributed by atoms with Crippen LogP contribution in [0, 0.1) is 6.92 Å². The van der Waals surface area contributed by atoms with Gasteiger partial charge in [-0.3, -0.25) is 5.10 Å². The maximum atomic E-state index is 4.15. The van der Waals surface area contributed by atoms with Gasteiger partial charge in [0, 0.05) is 14.1 Å². The molecule has 0 atom stereocenters. The molecule has 2 rings (SSSR count). The van der Waals surface area contributed by atoms with Crippen LogP contribution >= 0.6 is 0 Å². The van der Waals surface area contributed by atoms with Crippen LogP contribution in [-0.2, 0) is 0 Å². The maximum Gasteiger partial charge on any atom is 0.160 e. The molecule has 0 aliphatic rings. The summed E-state index contributed by atoms with van der Waals surface area (Å²) < 4.78 is 0. The molecule has 0 bridgehead atoms. The van der Waals surface area contributed by atoms with Gasteiger partial charge in [-0.1, -0.05) is 0 Å². The Labute approximate surface area is 75.8 Å². The number of nitrogens with one attached hydrogen (secondary N) is 1. The Morgan fingerprint density at radius 1 is 1.23 bits per heavy atom. The summed E-state index contributed by atoms with van der Waals surface area (Å²) in [6, 6.07) is 0. The van der Waals surface area contributed by atoms with E-state index in [9.17, 15) is 0 Å². The van der Waals surface area contributed by atoms with E-state index < -0.39 is 0 Å². The van der Waals surface area contributed by atoms with Gasteiger partial charge in [0.15, 0.2) is 11.3 Å². The van der Waals surface area contributed by atoms with Crippen LogP contribution in [0.2, 0.25) is 0 Å². The molecule has 0 saturated carbocycles. The second kappa shape index (κ2) is 2.69. The smallest absolute Gasteiger partial charge is 0.160 e. The number of aryl methyl sites for hydroxylation is 1. The van der Waals surface area contributed by atoms with Gasteiger partial charge in [-0.25, -0.2) is 9.97 Å². The van der Waals surface area contributed by atoms with Crippen molar-refractivity contribution >= 4 is 16.9 Å². The fraction of sp³-hybridized carbons (Fsp3) is 0.375. The van der Waals surface area contributed by atoms with Gasteiger partial charge in [0.05, 0.1) is 5.69 Å². The first-order valence-electron chi connectivity index (χ1n) is 4.03. The SMILES string of the molecule is Cc1[nH]nc2c(N(C)C)ncnc12. The van der Waals surface area contributed by atoms with Gasteiger partial charge in [0.1, 0.15) is 11.8 Å². The molecular weight excluding hydrogens is 166 g/mol. The summed E-state index contributed by atoms with van der Waals surface area (Å²) in [5.41, 5.74) is 2.68. The second-order valence-corrected chi connectivity index (χ2v) is 3.14. The summed E-state index contributed by atoms with van der Waals surface area (Å²) in [5.74, 6) is 0.842.